The van der Waals surface area contributed by atoms with Gasteiger partial charge in [0.2, 0.25) is 0 Å². The van der Waals surface area contributed by atoms with Gasteiger partial charge in [-0.15, -0.1) is 0 Å². The van der Waals surface area contributed by atoms with Crippen LogP contribution in [-0.4, -0.2) is 13.2 Å². The predicted octanol–water partition coefficient (Wildman–Crippen LogP) is 8.32. The van der Waals surface area contributed by atoms with Gasteiger partial charge in [-0.25, -0.2) is 0 Å². The molecule has 2 aromatic carbocycles. The minimum absolute atomic E-state index is 0.228. The molecule has 0 atom stereocenters. The van der Waals surface area contributed by atoms with Gasteiger partial charge in [0.1, 0.15) is 0 Å². The van der Waals surface area contributed by atoms with Gasteiger partial charge in [0, 0.05) is 11.5 Å². The van der Waals surface area contributed by atoms with Crippen LogP contribution in [-0.2, 0) is 15.9 Å². The quantitative estimate of drug-likeness (QED) is 0.369. The summed E-state index contributed by atoms with van der Waals surface area (Å²) >= 11 is 0. The Morgan fingerprint density at radius 2 is 1.25 bits per heavy atom. The van der Waals surface area contributed by atoms with E-state index in [1.807, 2.05) is 0 Å². The summed E-state index contributed by atoms with van der Waals surface area (Å²) in [5.74, 6) is 2.05. The average Bonchev–Trinajstić information content (AvgIpc) is 2.86. The lowest BCUT2D eigenvalue weighted by Gasteiger charge is -2.31. The highest BCUT2D eigenvalue weighted by Crippen LogP contribution is 2.38. The van der Waals surface area contributed by atoms with Crippen molar-refractivity contribution < 1.29 is 9.47 Å². The molecule has 0 radical (unpaired) electrons. The van der Waals surface area contributed by atoms with E-state index in [4.69, 9.17) is 9.47 Å². The van der Waals surface area contributed by atoms with Crippen molar-refractivity contribution in [2.24, 2.45) is 5.92 Å². The third-order valence-electron chi connectivity index (χ3n) is 7.64. The van der Waals surface area contributed by atoms with Crippen LogP contribution in [0.1, 0.15) is 112 Å². The summed E-state index contributed by atoms with van der Waals surface area (Å²) in [4.78, 5) is 0. The van der Waals surface area contributed by atoms with E-state index in [2.05, 4.69) is 62.4 Å². The highest BCUT2D eigenvalue weighted by Gasteiger charge is 2.26. The van der Waals surface area contributed by atoms with Crippen molar-refractivity contribution in [1.82, 2.24) is 0 Å². The third kappa shape index (κ3) is 6.23. The van der Waals surface area contributed by atoms with Crippen LogP contribution in [0.3, 0.4) is 0 Å². The molecule has 0 unspecified atom stereocenters. The van der Waals surface area contributed by atoms with Crippen molar-refractivity contribution in [3.05, 3.63) is 70.8 Å². The van der Waals surface area contributed by atoms with Crippen molar-refractivity contribution in [1.29, 1.82) is 0 Å². The molecule has 0 amide bonds. The molecule has 1 aliphatic carbocycles. The van der Waals surface area contributed by atoms with E-state index in [1.54, 1.807) is 0 Å². The summed E-state index contributed by atoms with van der Waals surface area (Å²) in [6, 6.07) is 18.2. The van der Waals surface area contributed by atoms with Crippen LogP contribution in [0.25, 0.3) is 0 Å². The first-order valence-corrected chi connectivity index (χ1v) is 13.2. The van der Waals surface area contributed by atoms with E-state index < -0.39 is 0 Å². The summed E-state index contributed by atoms with van der Waals surface area (Å²) < 4.78 is 12.3. The van der Waals surface area contributed by atoms with Crippen LogP contribution >= 0.6 is 0 Å². The molecule has 0 bridgehead atoms. The van der Waals surface area contributed by atoms with E-state index in [0.29, 0.717) is 5.92 Å². The first kappa shape index (κ1) is 23.5. The van der Waals surface area contributed by atoms with Gasteiger partial charge in [0.05, 0.1) is 13.2 Å². The van der Waals surface area contributed by atoms with Gasteiger partial charge < -0.3 is 9.47 Å². The molecule has 0 aromatic heterocycles. The fourth-order valence-electron chi connectivity index (χ4n) is 5.54. The number of aryl methyl sites for hydroxylation is 1. The topological polar surface area (TPSA) is 18.5 Å². The highest BCUT2D eigenvalue weighted by atomic mass is 16.7. The number of rotatable bonds is 9. The van der Waals surface area contributed by atoms with Gasteiger partial charge >= 0.3 is 0 Å². The second kappa shape index (κ2) is 12.0. The number of ether oxygens (including phenoxy) is 2. The van der Waals surface area contributed by atoms with E-state index in [0.717, 1.165) is 30.6 Å². The van der Waals surface area contributed by atoms with Crippen LogP contribution < -0.4 is 0 Å². The number of hydrogen-bond acceptors (Lipinski definition) is 2. The molecule has 174 valence electrons. The number of benzene rings is 2. The Bertz CT molecular complexity index is 779. The Balaban J connectivity index is 1.25. The van der Waals surface area contributed by atoms with Gasteiger partial charge in [-0.05, 0) is 67.1 Å². The summed E-state index contributed by atoms with van der Waals surface area (Å²) in [6.07, 6.45) is 13.1. The second-order valence-electron chi connectivity index (χ2n) is 10.1. The lowest BCUT2D eigenvalue weighted by Crippen LogP contribution is -2.25. The molecule has 2 aliphatic rings. The molecule has 1 heterocycles. The van der Waals surface area contributed by atoms with Crippen LogP contribution in [0.2, 0.25) is 0 Å². The lowest BCUT2D eigenvalue weighted by atomic mass is 9.77. The molecule has 2 aromatic rings. The van der Waals surface area contributed by atoms with Crippen LogP contribution in [0, 0.1) is 5.92 Å². The van der Waals surface area contributed by atoms with Crippen molar-refractivity contribution >= 4 is 0 Å². The van der Waals surface area contributed by atoms with Crippen molar-refractivity contribution in [3.63, 3.8) is 0 Å². The summed E-state index contributed by atoms with van der Waals surface area (Å²) in [5, 5.41) is 0. The van der Waals surface area contributed by atoms with Crippen LogP contribution in [0.15, 0.2) is 48.5 Å². The largest absolute Gasteiger partial charge is 0.348 e. The molecule has 2 fully saturated rings. The summed E-state index contributed by atoms with van der Waals surface area (Å²) in [5.41, 5.74) is 5.42. The van der Waals surface area contributed by atoms with E-state index in [1.165, 1.54) is 80.9 Å². The molecule has 0 spiro atoms. The summed E-state index contributed by atoms with van der Waals surface area (Å²) in [7, 11) is 0. The van der Waals surface area contributed by atoms with Gasteiger partial charge in [-0.1, -0.05) is 88.1 Å². The molecule has 0 N–H and O–H groups in total. The van der Waals surface area contributed by atoms with Gasteiger partial charge in [0.15, 0.2) is 6.29 Å². The maximum atomic E-state index is 6.13. The zero-order chi connectivity index (χ0) is 22.2. The van der Waals surface area contributed by atoms with E-state index in [9.17, 15) is 0 Å². The first-order valence-electron chi connectivity index (χ1n) is 13.2. The third-order valence-corrected chi connectivity index (χ3v) is 7.64. The zero-order valence-electron chi connectivity index (χ0n) is 20.2. The lowest BCUT2D eigenvalue weighted by molar-refractivity contribution is -0.191. The fraction of sp³-hybridized carbons (Fsp3) is 0.600. The second-order valence-corrected chi connectivity index (χ2v) is 10.1. The standard InChI is InChI=1S/C30H42O2/c1-3-5-6-8-24-11-15-28(16-12-24)30-31-21-29(22-32-30)27-19-17-26(18-20-27)25-13-9-23(7-4-2)10-14-25/h11-12,15-20,23,25,29-30H,3-10,13-14,21-22H2,1-2H3. The van der Waals surface area contributed by atoms with Crippen molar-refractivity contribution in [2.45, 2.75) is 96.2 Å². The van der Waals surface area contributed by atoms with Crippen molar-refractivity contribution in [2.75, 3.05) is 13.2 Å². The first-order chi connectivity index (χ1) is 15.8. The normalized spacial score (nSPS) is 26.2. The Labute approximate surface area is 195 Å². The SMILES string of the molecule is CCCCCc1ccc(C2OCC(c3ccc(C4CCC(CCC)CC4)cc3)CO2)cc1. The fourth-order valence-corrected chi connectivity index (χ4v) is 5.54. The minimum Gasteiger partial charge on any atom is -0.348 e. The Morgan fingerprint density at radius 1 is 0.656 bits per heavy atom. The summed E-state index contributed by atoms with van der Waals surface area (Å²) in [6.45, 7) is 6.02. The van der Waals surface area contributed by atoms with Gasteiger partial charge in [-0.2, -0.15) is 0 Å². The Kier molecular flexibility index (Phi) is 8.82. The number of unbranched alkanes of at least 4 members (excludes halogenated alkanes) is 2. The molecule has 32 heavy (non-hydrogen) atoms. The highest BCUT2D eigenvalue weighted by molar-refractivity contribution is 5.29. The van der Waals surface area contributed by atoms with Crippen molar-refractivity contribution in [3.8, 4) is 0 Å². The molecule has 2 heteroatoms. The number of hydrogen-bond donors (Lipinski definition) is 0. The predicted molar refractivity (Wildman–Crippen MR) is 133 cm³/mol. The van der Waals surface area contributed by atoms with Gasteiger partial charge in [0.25, 0.3) is 0 Å². The Hall–Kier alpha value is -1.64. The molecule has 4 rings (SSSR count). The average molecular weight is 435 g/mol. The van der Waals surface area contributed by atoms with Crippen LogP contribution in [0.5, 0.6) is 0 Å². The van der Waals surface area contributed by atoms with E-state index in [-0.39, 0.29) is 6.29 Å². The minimum atomic E-state index is -0.228. The Morgan fingerprint density at radius 3 is 1.84 bits per heavy atom. The maximum absolute atomic E-state index is 6.13. The molecule has 1 saturated carbocycles. The molecular weight excluding hydrogens is 392 g/mol. The molecule has 1 saturated heterocycles. The van der Waals surface area contributed by atoms with Gasteiger partial charge in [-0.3, -0.25) is 0 Å². The molecule has 2 nitrogen and oxygen atoms in total. The van der Waals surface area contributed by atoms with E-state index >= 15 is 0 Å². The smallest absolute Gasteiger partial charge is 0.183 e. The monoisotopic (exact) mass is 434 g/mol. The van der Waals surface area contributed by atoms with Crippen LogP contribution in [0.4, 0.5) is 0 Å². The maximum Gasteiger partial charge on any atom is 0.183 e. The molecule has 1 aliphatic heterocycles. The molecular formula is C30H42O2. The zero-order valence-corrected chi connectivity index (χ0v) is 20.2.